The lowest BCUT2D eigenvalue weighted by molar-refractivity contribution is -0.123. The Morgan fingerprint density at radius 2 is 1.83 bits per heavy atom. The maximum atomic E-state index is 14.4. The number of nitrogens with one attached hydrogen (secondary N) is 1. The fourth-order valence-corrected chi connectivity index (χ4v) is 5.44. The Bertz CT molecular complexity index is 1190. The number of aromatic nitrogens is 1. The van der Waals surface area contributed by atoms with E-state index in [9.17, 15) is 14.0 Å². The molecule has 6 nitrogen and oxygen atoms in total. The monoisotopic (exact) mass is 495 g/mol. The van der Waals surface area contributed by atoms with Crippen LogP contribution >= 0.6 is 11.3 Å². The van der Waals surface area contributed by atoms with Gasteiger partial charge in [0.25, 0.3) is 5.91 Å². The van der Waals surface area contributed by atoms with Crippen molar-refractivity contribution in [1.29, 1.82) is 0 Å². The molecule has 1 aliphatic rings. The zero-order valence-electron chi connectivity index (χ0n) is 20.2. The number of ether oxygens (including phenoxy) is 1. The second kappa shape index (κ2) is 11.0. The van der Waals surface area contributed by atoms with Gasteiger partial charge in [0, 0.05) is 11.7 Å². The van der Waals surface area contributed by atoms with Gasteiger partial charge in [-0.3, -0.25) is 14.5 Å². The number of benzene rings is 2. The van der Waals surface area contributed by atoms with Crippen molar-refractivity contribution in [1.82, 2.24) is 10.3 Å². The van der Waals surface area contributed by atoms with Crippen molar-refractivity contribution in [2.24, 2.45) is 0 Å². The molecular weight excluding hydrogens is 465 g/mol. The number of carbonyl (C=O) groups is 2. The zero-order valence-corrected chi connectivity index (χ0v) is 21.0. The van der Waals surface area contributed by atoms with Crippen molar-refractivity contribution in [3.8, 4) is 5.75 Å². The second-order valence-corrected chi connectivity index (χ2v) is 10.0. The number of methoxy groups -OCH3 is 1. The Hall–Kier alpha value is -3.26. The molecule has 0 saturated heterocycles. The Labute approximate surface area is 209 Å². The molecule has 0 aliphatic heterocycles. The summed E-state index contributed by atoms with van der Waals surface area (Å²) in [5.41, 5.74) is 1.50. The molecule has 35 heavy (non-hydrogen) atoms. The van der Waals surface area contributed by atoms with Gasteiger partial charge < -0.3 is 10.1 Å². The molecule has 0 bridgehead atoms. The first-order valence-corrected chi connectivity index (χ1v) is 12.7. The van der Waals surface area contributed by atoms with Gasteiger partial charge in [-0.25, -0.2) is 9.37 Å². The smallest absolute Gasteiger partial charge is 0.271 e. The third-order valence-electron chi connectivity index (χ3n) is 6.29. The lowest BCUT2D eigenvalue weighted by atomic mass is 9.94. The predicted octanol–water partition coefficient (Wildman–Crippen LogP) is 5.74. The van der Waals surface area contributed by atoms with Gasteiger partial charge in [0.1, 0.15) is 22.5 Å². The minimum absolute atomic E-state index is 0.0499. The summed E-state index contributed by atoms with van der Waals surface area (Å²) >= 11 is 1.27. The standard InChI is InChI=1S/C27H30FN3O3S/c1-17-25(35-18(2)29-17)27(33)31(22-11-7-8-20(28)16-22)24(19-12-14-23(34-3)15-13-19)26(32)30-21-9-5-4-6-10-21/h7-8,11-16,21,24H,4-6,9-10H2,1-3H3,(H,30,32). The summed E-state index contributed by atoms with van der Waals surface area (Å²) < 4.78 is 19.6. The molecule has 184 valence electrons. The molecule has 1 atom stereocenters. The maximum absolute atomic E-state index is 14.4. The average Bonchev–Trinajstić information content (AvgIpc) is 3.20. The van der Waals surface area contributed by atoms with Crippen molar-refractivity contribution in [2.75, 3.05) is 12.0 Å². The number of nitrogens with zero attached hydrogens (tertiary/aromatic N) is 2. The van der Waals surface area contributed by atoms with E-state index in [-0.39, 0.29) is 11.9 Å². The summed E-state index contributed by atoms with van der Waals surface area (Å²) in [5, 5.41) is 3.91. The van der Waals surface area contributed by atoms with Crippen molar-refractivity contribution in [2.45, 2.75) is 58.0 Å². The number of amides is 2. The topological polar surface area (TPSA) is 71.5 Å². The third kappa shape index (κ3) is 5.70. The van der Waals surface area contributed by atoms with Crippen LogP contribution in [0.15, 0.2) is 48.5 Å². The van der Waals surface area contributed by atoms with Crippen molar-refractivity contribution < 1.29 is 18.7 Å². The van der Waals surface area contributed by atoms with Gasteiger partial charge in [-0.05, 0) is 62.6 Å². The molecule has 1 unspecified atom stereocenters. The number of anilines is 1. The van der Waals surface area contributed by atoms with Crippen LogP contribution in [-0.2, 0) is 4.79 Å². The molecule has 1 N–H and O–H groups in total. The number of thiazole rings is 1. The molecule has 1 aromatic heterocycles. The normalized spacial score (nSPS) is 14.9. The third-order valence-corrected chi connectivity index (χ3v) is 7.35. The number of hydrogen-bond acceptors (Lipinski definition) is 5. The summed E-state index contributed by atoms with van der Waals surface area (Å²) in [7, 11) is 1.57. The number of hydrogen-bond donors (Lipinski definition) is 1. The van der Waals surface area contributed by atoms with Gasteiger partial charge in [0.15, 0.2) is 0 Å². The second-order valence-electron chi connectivity index (χ2n) is 8.82. The summed E-state index contributed by atoms with van der Waals surface area (Å²) in [4.78, 5) is 34.1. The van der Waals surface area contributed by atoms with Crippen LogP contribution in [-0.4, -0.2) is 29.9 Å². The summed E-state index contributed by atoms with van der Waals surface area (Å²) in [6.07, 6.45) is 5.09. The first kappa shape index (κ1) is 24.9. The van der Waals surface area contributed by atoms with Crippen LogP contribution < -0.4 is 15.0 Å². The first-order valence-electron chi connectivity index (χ1n) is 11.8. The van der Waals surface area contributed by atoms with Crippen LogP contribution in [0.25, 0.3) is 0 Å². The van der Waals surface area contributed by atoms with Crippen LogP contribution in [0.1, 0.15) is 64.1 Å². The summed E-state index contributed by atoms with van der Waals surface area (Å²) in [6.45, 7) is 3.60. The van der Waals surface area contributed by atoms with E-state index in [4.69, 9.17) is 4.74 Å². The molecule has 1 heterocycles. The fraction of sp³-hybridized carbons (Fsp3) is 0.370. The van der Waals surface area contributed by atoms with E-state index in [1.54, 1.807) is 50.4 Å². The van der Waals surface area contributed by atoms with Gasteiger partial charge in [-0.1, -0.05) is 37.5 Å². The number of halogens is 1. The van der Waals surface area contributed by atoms with Crippen LogP contribution in [0.4, 0.5) is 10.1 Å². The molecule has 8 heteroatoms. The molecular formula is C27H30FN3O3S. The highest BCUT2D eigenvalue weighted by molar-refractivity contribution is 7.13. The van der Waals surface area contributed by atoms with Gasteiger partial charge in [0.2, 0.25) is 5.91 Å². The summed E-state index contributed by atoms with van der Waals surface area (Å²) in [6, 6.07) is 11.9. The lowest BCUT2D eigenvalue weighted by Crippen LogP contribution is -2.47. The number of carbonyl (C=O) groups excluding carboxylic acids is 2. The number of aryl methyl sites for hydroxylation is 2. The van der Waals surface area contributed by atoms with E-state index in [0.29, 0.717) is 27.6 Å². The fourth-order valence-electron chi connectivity index (χ4n) is 4.58. The minimum Gasteiger partial charge on any atom is -0.497 e. The lowest BCUT2D eigenvalue weighted by Gasteiger charge is -2.33. The van der Waals surface area contributed by atoms with Crippen LogP contribution in [0, 0.1) is 19.7 Å². The van der Waals surface area contributed by atoms with Gasteiger partial charge in [0.05, 0.1) is 17.8 Å². The molecule has 4 rings (SSSR count). The van der Waals surface area contributed by atoms with E-state index in [1.165, 1.54) is 28.4 Å². The van der Waals surface area contributed by atoms with Gasteiger partial charge in [-0.15, -0.1) is 11.3 Å². The molecule has 1 aliphatic carbocycles. The summed E-state index contributed by atoms with van der Waals surface area (Å²) in [5.74, 6) is -0.534. The first-order chi connectivity index (χ1) is 16.9. The van der Waals surface area contributed by atoms with Crippen LogP contribution in [0.5, 0.6) is 5.75 Å². The van der Waals surface area contributed by atoms with Crippen molar-refractivity contribution in [3.05, 3.63) is 75.5 Å². The van der Waals surface area contributed by atoms with E-state index >= 15 is 0 Å². The van der Waals surface area contributed by atoms with Crippen LogP contribution in [0.2, 0.25) is 0 Å². The zero-order chi connectivity index (χ0) is 24.9. The Balaban J connectivity index is 1.82. The number of rotatable bonds is 7. The minimum atomic E-state index is -1.00. The van der Waals surface area contributed by atoms with E-state index in [0.717, 1.165) is 37.1 Å². The Morgan fingerprint density at radius 1 is 1.11 bits per heavy atom. The maximum Gasteiger partial charge on any atom is 0.271 e. The molecule has 2 amide bonds. The molecule has 0 radical (unpaired) electrons. The largest absolute Gasteiger partial charge is 0.497 e. The average molecular weight is 496 g/mol. The highest BCUT2D eigenvalue weighted by Gasteiger charge is 2.36. The quantitative estimate of drug-likeness (QED) is 0.453. The van der Waals surface area contributed by atoms with Gasteiger partial charge >= 0.3 is 0 Å². The SMILES string of the molecule is COc1ccc(C(C(=O)NC2CCCCC2)N(C(=O)c2sc(C)nc2C)c2cccc(F)c2)cc1. The molecule has 3 aromatic rings. The van der Waals surface area contributed by atoms with Crippen molar-refractivity contribution >= 4 is 28.8 Å². The van der Waals surface area contributed by atoms with Crippen LogP contribution in [0.3, 0.4) is 0 Å². The highest BCUT2D eigenvalue weighted by Crippen LogP contribution is 2.33. The van der Waals surface area contributed by atoms with E-state index in [2.05, 4.69) is 10.3 Å². The molecule has 0 spiro atoms. The van der Waals surface area contributed by atoms with Gasteiger partial charge in [-0.2, -0.15) is 0 Å². The molecule has 1 saturated carbocycles. The highest BCUT2D eigenvalue weighted by atomic mass is 32.1. The Morgan fingerprint density at radius 3 is 2.43 bits per heavy atom. The van der Waals surface area contributed by atoms with E-state index < -0.39 is 17.8 Å². The van der Waals surface area contributed by atoms with Crippen molar-refractivity contribution in [3.63, 3.8) is 0 Å². The molecule has 2 aromatic carbocycles. The predicted molar refractivity (Wildman–Crippen MR) is 136 cm³/mol. The van der Waals surface area contributed by atoms with E-state index in [1.807, 2.05) is 6.92 Å². The Kier molecular flexibility index (Phi) is 7.80. The molecule has 1 fully saturated rings.